The van der Waals surface area contributed by atoms with Crippen molar-refractivity contribution in [2.45, 2.75) is 39.0 Å². The molecule has 0 radical (unpaired) electrons. The van der Waals surface area contributed by atoms with Crippen molar-refractivity contribution in [3.05, 3.63) is 15.6 Å². The standard InChI is InChI=1S/C10H19N3O2S2/c1-3-5-12-6-9-8(4-2)13-10(16-9)7-17(11,14)15/h12H,3-7H2,1-2H3,(H2,11,14,15). The second kappa shape index (κ2) is 6.44. The minimum atomic E-state index is -3.49. The third-order valence-corrected chi connectivity index (χ3v) is 4.15. The quantitative estimate of drug-likeness (QED) is 0.728. The first-order valence-corrected chi connectivity index (χ1v) is 8.18. The number of hydrogen-bond donors (Lipinski definition) is 2. The Morgan fingerprint density at radius 2 is 2.12 bits per heavy atom. The topological polar surface area (TPSA) is 85.1 Å². The van der Waals surface area contributed by atoms with Gasteiger partial charge in [0, 0.05) is 11.4 Å². The highest BCUT2D eigenvalue weighted by Crippen LogP contribution is 2.20. The molecule has 0 spiro atoms. The summed E-state index contributed by atoms with van der Waals surface area (Å²) in [4.78, 5) is 5.42. The van der Waals surface area contributed by atoms with E-state index in [0.717, 1.165) is 36.5 Å². The van der Waals surface area contributed by atoms with E-state index in [9.17, 15) is 8.42 Å². The van der Waals surface area contributed by atoms with Crippen molar-refractivity contribution in [3.8, 4) is 0 Å². The van der Waals surface area contributed by atoms with Gasteiger partial charge in [-0.1, -0.05) is 13.8 Å². The van der Waals surface area contributed by atoms with E-state index in [2.05, 4.69) is 17.2 Å². The summed E-state index contributed by atoms with van der Waals surface area (Å²) >= 11 is 1.43. The molecule has 0 unspecified atom stereocenters. The fourth-order valence-corrected chi connectivity index (χ4v) is 3.52. The van der Waals surface area contributed by atoms with Crippen LogP contribution in [-0.2, 0) is 28.7 Å². The summed E-state index contributed by atoms with van der Waals surface area (Å²) in [7, 11) is -3.49. The van der Waals surface area contributed by atoms with Crippen LogP contribution in [0.4, 0.5) is 0 Å². The number of primary sulfonamides is 1. The van der Waals surface area contributed by atoms with E-state index in [0.29, 0.717) is 5.01 Å². The van der Waals surface area contributed by atoms with E-state index in [1.165, 1.54) is 11.3 Å². The number of nitrogens with two attached hydrogens (primary N) is 1. The molecule has 1 heterocycles. The SMILES string of the molecule is CCCNCc1sc(CS(N)(=O)=O)nc1CC. The lowest BCUT2D eigenvalue weighted by atomic mass is 10.3. The first kappa shape index (κ1) is 14.6. The molecule has 0 fully saturated rings. The molecule has 0 saturated heterocycles. The molecule has 0 atom stereocenters. The van der Waals surface area contributed by atoms with Crippen LogP contribution in [0.5, 0.6) is 0 Å². The van der Waals surface area contributed by atoms with E-state index in [1.807, 2.05) is 6.92 Å². The number of aromatic nitrogens is 1. The Morgan fingerprint density at radius 1 is 1.41 bits per heavy atom. The van der Waals surface area contributed by atoms with Crippen LogP contribution in [0.15, 0.2) is 0 Å². The Bertz CT molecular complexity index is 454. The lowest BCUT2D eigenvalue weighted by molar-refractivity contribution is 0.597. The van der Waals surface area contributed by atoms with Crippen LogP contribution >= 0.6 is 11.3 Å². The Morgan fingerprint density at radius 3 is 2.65 bits per heavy atom. The second-order valence-electron chi connectivity index (χ2n) is 3.82. The van der Waals surface area contributed by atoms with E-state index < -0.39 is 10.0 Å². The third-order valence-electron chi connectivity index (χ3n) is 2.19. The maximum absolute atomic E-state index is 11.0. The zero-order chi connectivity index (χ0) is 12.9. The molecule has 0 aliphatic rings. The molecule has 7 heteroatoms. The van der Waals surface area contributed by atoms with Crippen LogP contribution in [-0.4, -0.2) is 19.9 Å². The number of nitrogens with one attached hydrogen (secondary N) is 1. The highest BCUT2D eigenvalue weighted by molar-refractivity contribution is 7.88. The van der Waals surface area contributed by atoms with Gasteiger partial charge in [0.2, 0.25) is 10.0 Å². The van der Waals surface area contributed by atoms with Crippen LogP contribution < -0.4 is 10.5 Å². The molecule has 98 valence electrons. The van der Waals surface area contributed by atoms with Crippen molar-refractivity contribution in [3.63, 3.8) is 0 Å². The summed E-state index contributed by atoms with van der Waals surface area (Å²) in [6, 6.07) is 0. The highest BCUT2D eigenvalue weighted by atomic mass is 32.2. The van der Waals surface area contributed by atoms with Gasteiger partial charge < -0.3 is 5.32 Å². The van der Waals surface area contributed by atoms with E-state index in [1.54, 1.807) is 0 Å². The molecule has 1 aromatic rings. The lowest BCUT2D eigenvalue weighted by Crippen LogP contribution is -2.14. The average molecular weight is 277 g/mol. The predicted octanol–water partition coefficient (Wildman–Crippen LogP) is 0.994. The van der Waals surface area contributed by atoms with Crippen LogP contribution in [0.25, 0.3) is 0 Å². The maximum Gasteiger partial charge on any atom is 0.215 e. The van der Waals surface area contributed by atoms with E-state index in [-0.39, 0.29) is 5.75 Å². The summed E-state index contributed by atoms with van der Waals surface area (Å²) in [5, 5.41) is 8.89. The summed E-state index contributed by atoms with van der Waals surface area (Å²) in [6.45, 7) is 5.82. The largest absolute Gasteiger partial charge is 0.312 e. The van der Waals surface area contributed by atoms with Gasteiger partial charge in [0.25, 0.3) is 0 Å². The number of aryl methyl sites for hydroxylation is 1. The minimum absolute atomic E-state index is 0.168. The molecular weight excluding hydrogens is 258 g/mol. The average Bonchev–Trinajstić information content (AvgIpc) is 2.58. The zero-order valence-corrected chi connectivity index (χ0v) is 11.8. The molecule has 5 nitrogen and oxygen atoms in total. The number of hydrogen-bond acceptors (Lipinski definition) is 5. The molecular formula is C10H19N3O2S2. The highest BCUT2D eigenvalue weighted by Gasteiger charge is 2.13. The summed E-state index contributed by atoms with van der Waals surface area (Å²) in [5.74, 6) is -0.168. The summed E-state index contributed by atoms with van der Waals surface area (Å²) in [5.41, 5.74) is 0.970. The van der Waals surface area contributed by atoms with Crippen molar-refractivity contribution in [2.75, 3.05) is 6.54 Å². The summed E-state index contributed by atoms with van der Waals surface area (Å²) < 4.78 is 22.0. The Labute approximate surface area is 106 Å². The van der Waals surface area contributed by atoms with Gasteiger partial charge in [0.05, 0.1) is 5.69 Å². The molecule has 0 bridgehead atoms. The molecule has 17 heavy (non-hydrogen) atoms. The first-order valence-electron chi connectivity index (χ1n) is 5.65. The van der Waals surface area contributed by atoms with Gasteiger partial charge in [-0.15, -0.1) is 11.3 Å². The Kier molecular flexibility index (Phi) is 5.51. The normalized spacial score (nSPS) is 11.9. The minimum Gasteiger partial charge on any atom is -0.312 e. The fourth-order valence-electron chi connectivity index (χ4n) is 1.46. The van der Waals surface area contributed by atoms with E-state index in [4.69, 9.17) is 5.14 Å². The van der Waals surface area contributed by atoms with Crippen molar-refractivity contribution < 1.29 is 8.42 Å². The molecule has 3 N–H and O–H groups in total. The summed E-state index contributed by atoms with van der Waals surface area (Å²) in [6.07, 6.45) is 1.88. The fraction of sp³-hybridized carbons (Fsp3) is 0.700. The van der Waals surface area contributed by atoms with Crippen molar-refractivity contribution in [1.82, 2.24) is 10.3 Å². The van der Waals surface area contributed by atoms with Crippen molar-refractivity contribution >= 4 is 21.4 Å². The van der Waals surface area contributed by atoms with Crippen LogP contribution in [0.1, 0.15) is 35.8 Å². The van der Waals surface area contributed by atoms with Gasteiger partial charge >= 0.3 is 0 Å². The van der Waals surface area contributed by atoms with Gasteiger partial charge in [-0.3, -0.25) is 0 Å². The van der Waals surface area contributed by atoms with Gasteiger partial charge in [-0.05, 0) is 19.4 Å². The van der Waals surface area contributed by atoms with Gasteiger partial charge in [-0.2, -0.15) is 0 Å². The Balaban J connectivity index is 2.76. The molecule has 1 rings (SSSR count). The number of rotatable bonds is 7. The van der Waals surface area contributed by atoms with E-state index >= 15 is 0 Å². The van der Waals surface area contributed by atoms with Crippen LogP contribution in [0.2, 0.25) is 0 Å². The Hall–Kier alpha value is -0.500. The van der Waals surface area contributed by atoms with Crippen LogP contribution in [0.3, 0.4) is 0 Å². The molecule has 1 aromatic heterocycles. The molecule has 0 aromatic carbocycles. The van der Waals surface area contributed by atoms with Gasteiger partial charge in [-0.25, -0.2) is 18.5 Å². The van der Waals surface area contributed by atoms with Crippen molar-refractivity contribution in [2.24, 2.45) is 5.14 Å². The molecule has 0 aliphatic heterocycles. The smallest absolute Gasteiger partial charge is 0.215 e. The predicted molar refractivity (Wildman–Crippen MR) is 70.3 cm³/mol. The second-order valence-corrected chi connectivity index (χ2v) is 6.60. The van der Waals surface area contributed by atoms with Gasteiger partial charge in [0.1, 0.15) is 10.8 Å². The number of sulfonamides is 1. The third kappa shape index (κ3) is 5.12. The van der Waals surface area contributed by atoms with Gasteiger partial charge in [0.15, 0.2) is 0 Å². The lowest BCUT2D eigenvalue weighted by Gasteiger charge is -2.01. The zero-order valence-electron chi connectivity index (χ0n) is 10.2. The van der Waals surface area contributed by atoms with Crippen LogP contribution in [0, 0.1) is 0 Å². The number of nitrogens with zero attached hydrogens (tertiary/aromatic N) is 1. The number of thiazole rings is 1. The maximum atomic E-state index is 11.0. The molecule has 0 saturated carbocycles. The monoisotopic (exact) mass is 277 g/mol. The van der Waals surface area contributed by atoms with Crippen molar-refractivity contribution in [1.29, 1.82) is 0 Å². The molecule has 0 amide bonds. The first-order chi connectivity index (χ1) is 7.96. The molecule has 0 aliphatic carbocycles.